The van der Waals surface area contributed by atoms with Crippen LogP contribution in [0.5, 0.6) is 0 Å². The maximum atomic E-state index is 8.96. The summed E-state index contributed by atoms with van der Waals surface area (Å²) in [7, 11) is -1.41. The molecule has 0 unspecified atom stereocenters. The van der Waals surface area contributed by atoms with E-state index in [2.05, 4.69) is 12.0 Å². The maximum Gasteiger partial charge on any atom is 0.491 e. The van der Waals surface area contributed by atoms with Crippen molar-refractivity contribution >= 4 is 12.6 Å². The molecule has 0 radical (unpaired) electrons. The molecule has 1 heterocycles. The van der Waals surface area contributed by atoms with Crippen molar-refractivity contribution in [3.8, 4) is 0 Å². The molecule has 1 aliphatic carbocycles. The smallest absolute Gasteiger partial charge is 0.423 e. The van der Waals surface area contributed by atoms with Gasteiger partial charge in [-0.2, -0.15) is 5.10 Å². The Bertz CT molecular complexity index is 332. The number of rotatable bonds is 3. The highest BCUT2D eigenvalue weighted by Crippen LogP contribution is 2.38. The normalized spacial score (nSPS) is 19.4. The molecule has 0 saturated heterocycles. The van der Waals surface area contributed by atoms with Gasteiger partial charge in [0.15, 0.2) is 0 Å². The van der Waals surface area contributed by atoms with Gasteiger partial charge < -0.3 is 10.0 Å². The Morgan fingerprint density at radius 1 is 1.47 bits per heavy atom. The predicted octanol–water partition coefficient (Wildman–Crippen LogP) is 0.143. The lowest BCUT2D eigenvalue weighted by Gasteiger charge is -2.22. The molecule has 2 rings (SSSR count). The average Bonchev–Trinajstić information content (AvgIpc) is 2.75. The second-order valence-corrected chi connectivity index (χ2v) is 4.86. The van der Waals surface area contributed by atoms with E-state index in [-0.39, 0.29) is 0 Å². The monoisotopic (exact) mass is 208 g/mol. The minimum atomic E-state index is -1.41. The quantitative estimate of drug-likeness (QED) is 0.695. The van der Waals surface area contributed by atoms with Crippen LogP contribution in [0.15, 0.2) is 12.4 Å². The van der Waals surface area contributed by atoms with E-state index in [0.29, 0.717) is 10.9 Å². The van der Waals surface area contributed by atoms with E-state index < -0.39 is 7.12 Å². The zero-order chi connectivity index (χ0) is 10.9. The number of hydrogen-bond donors (Lipinski definition) is 2. The zero-order valence-electron chi connectivity index (χ0n) is 9.06. The fourth-order valence-electron chi connectivity index (χ4n) is 2.38. The molecular formula is C10H17BN2O2. The molecule has 2 N–H and O–H groups in total. The molecule has 0 aromatic carbocycles. The van der Waals surface area contributed by atoms with Crippen LogP contribution in [-0.2, 0) is 6.54 Å². The van der Waals surface area contributed by atoms with Crippen LogP contribution in [0.1, 0.15) is 32.6 Å². The highest BCUT2D eigenvalue weighted by Gasteiger charge is 2.29. The molecule has 1 aromatic heterocycles. The summed E-state index contributed by atoms with van der Waals surface area (Å²) < 4.78 is 1.82. The van der Waals surface area contributed by atoms with Crippen molar-refractivity contribution in [1.82, 2.24) is 9.78 Å². The highest BCUT2D eigenvalue weighted by molar-refractivity contribution is 6.58. The van der Waals surface area contributed by atoms with Crippen LogP contribution < -0.4 is 5.46 Å². The van der Waals surface area contributed by atoms with Crippen LogP contribution >= 0.6 is 0 Å². The molecule has 0 spiro atoms. The van der Waals surface area contributed by atoms with Crippen LogP contribution in [0.25, 0.3) is 0 Å². The Morgan fingerprint density at radius 3 is 2.67 bits per heavy atom. The van der Waals surface area contributed by atoms with E-state index in [9.17, 15) is 0 Å². The van der Waals surface area contributed by atoms with Gasteiger partial charge in [0.1, 0.15) is 0 Å². The second-order valence-electron chi connectivity index (χ2n) is 4.86. The van der Waals surface area contributed by atoms with E-state index >= 15 is 0 Å². The van der Waals surface area contributed by atoms with Gasteiger partial charge in [-0.05, 0) is 18.3 Å². The van der Waals surface area contributed by atoms with E-state index in [1.54, 1.807) is 6.20 Å². The van der Waals surface area contributed by atoms with Crippen molar-refractivity contribution in [2.24, 2.45) is 5.41 Å². The van der Waals surface area contributed by atoms with E-state index in [1.807, 2.05) is 4.68 Å². The Labute approximate surface area is 90.1 Å². The molecule has 82 valence electrons. The van der Waals surface area contributed by atoms with Gasteiger partial charge in [-0.1, -0.05) is 19.8 Å². The first-order valence-corrected chi connectivity index (χ1v) is 5.48. The van der Waals surface area contributed by atoms with Crippen LogP contribution in [0.3, 0.4) is 0 Å². The van der Waals surface area contributed by atoms with Gasteiger partial charge in [0.25, 0.3) is 0 Å². The van der Waals surface area contributed by atoms with Crippen LogP contribution in [0.2, 0.25) is 0 Å². The van der Waals surface area contributed by atoms with Gasteiger partial charge in [0, 0.05) is 24.4 Å². The zero-order valence-corrected chi connectivity index (χ0v) is 9.06. The van der Waals surface area contributed by atoms with E-state index in [0.717, 1.165) is 6.54 Å². The van der Waals surface area contributed by atoms with E-state index in [4.69, 9.17) is 10.0 Å². The van der Waals surface area contributed by atoms with E-state index in [1.165, 1.54) is 31.9 Å². The third-order valence-electron chi connectivity index (χ3n) is 3.31. The van der Waals surface area contributed by atoms with Gasteiger partial charge >= 0.3 is 7.12 Å². The van der Waals surface area contributed by atoms with Crippen molar-refractivity contribution in [1.29, 1.82) is 0 Å². The van der Waals surface area contributed by atoms with Gasteiger partial charge in [-0.15, -0.1) is 0 Å². The van der Waals surface area contributed by atoms with Crippen molar-refractivity contribution < 1.29 is 10.0 Å². The van der Waals surface area contributed by atoms with Gasteiger partial charge in [-0.3, -0.25) is 4.68 Å². The summed E-state index contributed by atoms with van der Waals surface area (Å²) in [5.41, 5.74) is 0.806. The summed E-state index contributed by atoms with van der Waals surface area (Å²) in [5, 5.41) is 22.1. The third kappa shape index (κ3) is 2.41. The third-order valence-corrected chi connectivity index (χ3v) is 3.31. The summed E-state index contributed by atoms with van der Waals surface area (Å²) in [4.78, 5) is 0. The first-order valence-electron chi connectivity index (χ1n) is 5.48. The Kier molecular flexibility index (Phi) is 2.84. The lowest BCUT2D eigenvalue weighted by atomic mass is 9.83. The van der Waals surface area contributed by atoms with Crippen LogP contribution in [0, 0.1) is 5.41 Å². The Balaban J connectivity index is 2.04. The van der Waals surface area contributed by atoms with Crippen molar-refractivity contribution in [2.75, 3.05) is 0 Å². The SMILES string of the molecule is CC1(Cn2cc(B(O)O)cn2)CCCC1. The van der Waals surface area contributed by atoms with Crippen molar-refractivity contribution in [2.45, 2.75) is 39.2 Å². The number of nitrogens with zero attached hydrogens (tertiary/aromatic N) is 2. The van der Waals surface area contributed by atoms with Crippen LogP contribution in [0.4, 0.5) is 0 Å². The first kappa shape index (κ1) is 10.7. The first-order chi connectivity index (χ1) is 7.09. The maximum absolute atomic E-state index is 8.96. The lowest BCUT2D eigenvalue weighted by molar-refractivity contribution is 0.268. The minimum Gasteiger partial charge on any atom is -0.423 e. The lowest BCUT2D eigenvalue weighted by Crippen LogP contribution is -2.28. The molecule has 0 bridgehead atoms. The topological polar surface area (TPSA) is 58.3 Å². The summed E-state index contributed by atoms with van der Waals surface area (Å²) in [6, 6.07) is 0. The molecule has 15 heavy (non-hydrogen) atoms. The fraction of sp³-hybridized carbons (Fsp3) is 0.700. The molecule has 4 nitrogen and oxygen atoms in total. The van der Waals surface area contributed by atoms with Crippen LogP contribution in [-0.4, -0.2) is 26.9 Å². The Hall–Kier alpha value is -0.805. The van der Waals surface area contributed by atoms with Gasteiger partial charge in [-0.25, -0.2) is 0 Å². The average molecular weight is 208 g/mol. The minimum absolute atomic E-state index is 0.337. The molecule has 5 heteroatoms. The fourth-order valence-corrected chi connectivity index (χ4v) is 2.38. The number of aromatic nitrogens is 2. The largest absolute Gasteiger partial charge is 0.491 e. The standard InChI is InChI=1S/C10H17BN2O2/c1-10(4-2-3-5-10)8-13-7-9(6-12-13)11(14)15/h6-7,14-15H,2-5,8H2,1H3. The summed E-state index contributed by atoms with van der Waals surface area (Å²) in [6.45, 7) is 3.15. The predicted molar refractivity (Wildman–Crippen MR) is 58.6 cm³/mol. The summed E-state index contributed by atoms with van der Waals surface area (Å²) in [5.74, 6) is 0. The molecule has 1 aliphatic rings. The molecule has 1 fully saturated rings. The molecule has 0 atom stereocenters. The second kappa shape index (κ2) is 3.98. The summed E-state index contributed by atoms with van der Waals surface area (Å²) in [6.07, 6.45) is 8.31. The molecule has 1 aromatic rings. The van der Waals surface area contributed by atoms with Gasteiger partial charge in [0.05, 0.1) is 0 Å². The molecular weight excluding hydrogens is 191 g/mol. The molecule has 1 saturated carbocycles. The molecule has 0 amide bonds. The Morgan fingerprint density at radius 2 is 2.13 bits per heavy atom. The van der Waals surface area contributed by atoms with Gasteiger partial charge in [0.2, 0.25) is 0 Å². The van der Waals surface area contributed by atoms with Crippen molar-refractivity contribution in [3.63, 3.8) is 0 Å². The molecule has 0 aliphatic heterocycles. The summed E-state index contributed by atoms with van der Waals surface area (Å²) >= 11 is 0. The highest BCUT2D eigenvalue weighted by atomic mass is 16.4. The number of hydrogen-bond acceptors (Lipinski definition) is 3. The van der Waals surface area contributed by atoms with Crippen molar-refractivity contribution in [3.05, 3.63) is 12.4 Å².